The smallest absolute Gasteiger partial charge is 0.267 e. The summed E-state index contributed by atoms with van der Waals surface area (Å²) in [7, 11) is 0. The quantitative estimate of drug-likeness (QED) is 0.657. The Balaban J connectivity index is 1.40. The van der Waals surface area contributed by atoms with Crippen molar-refractivity contribution in [2.24, 2.45) is 0 Å². The Morgan fingerprint density at radius 1 is 1.18 bits per heavy atom. The van der Waals surface area contributed by atoms with Crippen molar-refractivity contribution in [2.45, 2.75) is 50.1 Å². The van der Waals surface area contributed by atoms with E-state index >= 15 is 0 Å². The van der Waals surface area contributed by atoms with Gasteiger partial charge in [0.05, 0.1) is 17.3 Å². The van der Waals surface area contributed by atoms with Crippen LogP contribution in [-0.4, -0.2) is 39.3 Å². The van der Waals surface area contributed by atoms with Crippen molar-refractivity contribution < 1.29 is 4.79 Å². The van der Waals surface area contributed by atoms with Gasteiger partial charge >= 0.3 is 0 Å². The number of hydrogen-bond acceptors (Lipinski definition) is 5. The van der Waals surface area contributed by atoms with Crippen LogP contribution in [-0.2, 0) is 12.0 Å². The molecule has 3 aromatic heterocycles. The molecule has 0 radical (unpaired) electrons. The first kappa shape index (κ1) is 21.4. The maximum absolute atomic E-state index is 13.0. The Bertz CT molecular complexity index is 1270. The number of carbonyl (C=O) groups is 1. The molecule has 5 rings (SSSR count). The van der Waals surface area contributed by atoms with E-state index in [0.29, 0.717) is 19.4 Å². The molecule has 168 valence electrons. The number of aromatic nitrogens is 2. The predicted molar refractivity (Wildman–Crippen MR) is 125 cm³/mol. The van der Waals surface area contributed by atoms with Gasteiger partial charge in [-0.25, -0.2) is 0 Å². The van der Waals surface area contributed by atoms with Crippen LogP contribution in [0.1, 0.15) is 53.7 Å². The topological polar surface area (TPSA) is 90.5 Å². The van der Waals surface area contributed by atoms with Gasteiger partial charge in [-0.15, -0.1) is 0 Å². The van der Waals surface area contributed by atoms with Gasteiger partial charge in [0.1, 0.15) is 11.0 Å². The van der Waals surface area contributed by atoms with Gasteiger partial charge in [0, 0.05) is 38.1 Å². The molecule has 2 fully saturated rings. The average molecular weight is 442 g/mol. The van der Waals surface area contributed by atoms with Crippen molar-refractivity contribution in [3.05, 3.63) is 82.0 Å². The number of pyridine rings is 3. The summed E-state index contributed by atoms with van der Waals surface area (Å²) in [6, 6.07) is 15.8. The van der Waals surface area contributed by atoms with Crippen LogP contribution >= 0.6 is 0 Å². The van der Waals surface area contributed by atoms with Crippen LogP contribution < -0.4 is 10.9 Å². The van der Waals surface area contributed by atoms with Crippen LogP contribution in [0.2, 0.25) is 0 Å². The van der Waals surface area contributed by atoms with E-state index in [2.05, 4.69) is 21.3 Å². The molecule has 4 heterocycles. The van der Waals surface area contributed by atoms with E-state index in [1.54, 1.807) is 28.9 Å². The molecule has 33 heavy (non-hydrogen) atoms. The lowest BCUT2D eigenvalue weighted by Crippen LogP contribution is -2.43. The molecule has 1 saturated carbocycles. The molecule has 7 heteroatoms. The highest BCUT2D eigenvalue weighted by Crippen LogP contribution is 2.34. The number of likely N-dealkylation sites (tertiary alicyclic amines) is 1. The summed E-state index contributed by atoms with van der Waals surface area (Å²) in [5.41, 5.74) is 1.92. The SMILES string of the molecule is N#CC1(c2ccccn2)CCN(Cc2cc(C(=O)NC3CCC3)c(=O)n3ccccc23)CC1. The van der Waals surface area contributed by atoms with Crippen LogP contribution in [0.3, 0.4) is 0 Å². The first-order chi connectivity index (χ1) is 16.1. The summed E-state index contributed by atoms with van der Waals surface area (Å²) in [6.07, 6.45) is 7.91. The first-order valence-electron chi connectivity index (χ1n) is 11.6. The van der Waals surface area contributed by atoms with Gasteiger partial charge < -0.3 is 5.32 Å². The maximum Gasteiger partial charge on any atom is 0.267 e. The normalized spacial score (nSPS) is 18.4. The van der Waals surface area contributed by atoms with Crippen molar-refractivity contribution in [3.8, 4) is 6.07 Å². The van der Waals surface area contributed by atoms with E-state index in [-0.39, 0.29) is 23.1 Å². The van der Waals surface area contributed by atoms with Crippen LogP contribution in [0.4, 0.5) is 0 Å². The van der Waals surface area contributed by atoms with Crippen molar-refractivity contribution in [3.63, 3.8) is 0 Å². The minimum absolute atomic E-state index is 0.171. The van der Waals surface area contributed by atoms with Gasteiger partial charge in [0.15, 0.2) is 0 Å². The van der Waals surface area contributed by atoms with Crippen LogP contribution in [0.5, 0.6) is 0 Å². The lowest BCUT2D eigenvalue weighted by Gasteiger charge is -2.37. The molecular weight excluding hydrogens is 414 g/mol. The lowest BCUT2D eigenvalue weighted by molar-refractivity contribution is 0.0915. The standard InChI is InChI=1S/C26H27N5O2/c27-18-26(23-9-1-3-12-28-23)10-14-30(15-11-26)17-19-16-21(24(32)29-20-6-5-7-20)25(33)31-13-4-2-8-22(19)31/h1-4,8-9,12-13,16,20H,5-7,10-11,14-15,17H2,(H,29,32). The molecular formula is C26H27N5O2. The molecule has 1 saturated heterocycles. The zero-order valence-corrected chi connectivity index (χ0v) is 18.5. The number of amides is 1. The van der Waals surface area contributed by atoms with Gasteiger partial charge in [0.2, 0.25) is 0 Å². The minimum Gasteiger partial charge on any atom is -0.349 e. The number of nitriles is 1. The number of hydrogen-bond donors (Lipinski definition) is 1. The van der Waals surface area contributed by atoms with E-state index in [9.17, 15) is 14.9 Å². The number of rotatable bonds is 5. The fourth-order valence-electron chi connectivity index (χ4n) is 4.83. The van der Waals surface area contributed by atoms with Crippen LogP contribution in [0, 0.1) is 11.3 Å². The summed E-state index contributed by atoms with van der Waals surface area (Å²) in [5, 5.41) is 12.9. The Morgan fingerprint density at radius 2 is 1.97 bits per heavy atom. The lowest BCUT2D eigenvalue weighted by atomic mass is 9.76. The van der Waals surface area contributed by atoms with Gasteiger partial charge in [-0.1, -0.05) is 12.1 Å². The Morgan fingerprint density at radius 3 is 2.64 bits per heavy atom. The third-order valence-electron chi connectivity index (χ3n) is 7.11. The molecule has 3 aromatic rings. The van der Waals surface area contributed by atoms with Crippen LogP contribution in [0.15, 0.2) is 59.7 Å². The van der Waals surface area contributed by atoms with Crippen molar-refractivity contribution in [2.75, 3.05) is 13.1 Å². The van der Waals surface area contributed by atoms with Gasteiger partial charge in [0.25, 0.3) is 11.5 Å². The third kappa shape index (κ3) is 4.03. The molecule has 1 amide bonds. The summed E-state index contributed by atoms with van der Waals surface area (Å²) in [5.74, 6) is -0.290. The molecule has 0 unspecified atom stereocenters. The number of nitrogens with zero attached hydrogens (tertiary/aromatic N) is 4. The van der Waals surface area contributed by atoms with E-state index in [1.165, 1.54) is 0 Å². The molecule has 1 N–H and O–H groups in total. The highest BCUT2D eigenvalue weighted by Gasteiger charge is 2.37. The summed E-state index contributed by atoms with van der Waals surface area (Å²) in [6.45, 7) is 2.10. The van der Waals surface area contributed by atoms with E-state index in [4.69, 9.17) is 0 Å². The molecule has 0 spiro atoms. The van der Waals surface area contributed by atoms with Gasteiger partial charge in [-0.2, -0.15) is 5.26 Å². The molecule has 1 aliphatic carbocycles. The van der Waals surface area contributed by atoms with Gasteiger partial charge in [-0.05, 0) is 68.0 Å². The fraction of sp³-hybridized carbons (Fsp3) is 0.385. The number of piperidine rings is 1. The monoisotopic (exact) mass is 441 g/mol. The number of carbonyl (C=O) groups excluding carboxylic acids is 1. The highest BCUT2D eigenvalue weighted by molar-refractivity contribution is 5.94. The first-order valence-corrected chi connectivity index (χ1v) is 11.6. The van der Waals surface area contributed by atoms with Crippen LogP contribution in [0.25, 0.3) is 5.52 Å². The fourth-order valence-corrected chi connectivity index (χ4v) is 4.83. The van der Waals surface area contributed by atoms with Crippen molar-refractivity contribution in [1.29, 1.82) is 5.26 Å². The summed E-state index contributed by atoms with van der Waals surface area (Å²) >= 11 is 0. The van der Waals surface area contributed by atoms with E-state index in [1.807, 2.05) is 30.3 Å². The second-order valence-electron chi connectivity index (χ2n) is 9.13. The van der Waals surface area contributed by atoms with Gasteiger partial charge in [-0.3, -0.25) is 23.9 Å². The summed E-state index contributed by atoms with van der Waals surface area (Å²) < 4.78 is 1.57. The Kier molecular flexibility index (Phi) is 5.69. The van der Waals surface area contributed by atoms with E-state index < -0.39 is 5.41 Å². The molecule has 0 atom stereocenters. The average Bonchev–Trinajstić information content (AvgIpc) is 2.84. The Hall–Kier alpha value is -3.50. The minimum atomic E-state index is -0.568. The summed E-state index contributed by atoms with van der Waals surface area (Å²) in [4.78, 5) is 32.6. The molecule has 0 aromatic carbocycles. The molecule has 1 aliphatic heterocycles. The van der Waals surface area contributed by atoms with Crippen molar-refractivity contribution >= 4 is 11.4 Å². The van der Waals surface area contributed by atoms with Crippen molar-refractivity contribution in [1.82, 2.24) is 19.6 Å². The van der Waals surface area contributed by atoms with E-state index in [0.717, 1.165) is 49.1 Å². The third-order valence-corrected chi connectivity index (χ3v) is 7.11. The number of fused-ring (bicyclic) bond motifs is 1. The maximum atomic E-state index is 13.0. The predicted octanol–water partition coefficient (Wildman–Crippen LogP) is 3.03. The molecule has 2 aliphatic rings. The zero-order valence-electron chi connectivity index (χ0n) is 18.5. The zero-order chi connectivity index (χ0) is 22.8. The second kappa shape index (κ2) is 8.80. The second-order valence-corrected chi connectivity index (χ2v) is 9.13. The number of nitrogens with one attached hydrogen (secondary N) is 1. The largest absolute Gasteiger partial charge is 0.349 e. The molecule has 0 bridgehead atoms. The highest BCUT2D eigenvalue weighted by atomic mass is 16.2. The molecule has 7 nitrogen and oxygen atoms in total. The Labute approximate surface area is 192 Å².